The predicted molar refractivity (Wildman–Crippen MR) is 72.4 cm³/mol. The monoisotopic (exact) mass is 253 g/mol. The van der Waals surface area contributed by atoms with Gasteiger partial charge in [-0.15, -0.1) is 0 Å². The largest absolute Gasteiger partial charge is 0.475 e. The Balaban J connectivity index is 3.07. The molecule has 5 nitrogen and oxygen atoms in total. The molecule has 102 valence electrons. The first kappa shape index (κ1) is 14.7. The molecule has 0 aliphatic rings. The summed E-state index contributed by atoms with van der Waals surface area (Å²) >= 11 is 0. The number of hydrogen-bond donors (Lipinski definition) is 1. The fourth-order valence-corrected chi connectivity index (χ4v) is 1.44. The van der Waals surface area contributed by atoms with Crippen LogP contribution in [0.25, 0.3) is 0 Å². The molecule has 0 fully saturated rings. The van der Waals surface area contributed by atoms with E-state index in [1.807, 2.05) is 14.0 Å². The molecule has 0 atom stereocenters. The highest BCUT2D eigenvalue weighted by molar-refractivity contribution is 5.48. The summed E-state index contributed by atoms with van der Waals surface area (Å²) in [6, 6.07) is 0. The van der Waals surface area contributed by atoms with E-state index in [0.717, 1.165) is 17.2 Å². The summed E-state index contributed by atoms with van der Waals surface area (Å²) in [4.78, 5) is 9.01. The first-order chi connectivity index (χ1) is 8.40. The average molecular weight is 253 g/mol. The van der Waals surface area contributed by atoms with Gasteiger partial charge in [0.25, 0.3) is 0 Å². The third-order valence-electron chi connectivity index (χ3n) is 2.54. The van der Waals surface area contributed by atoms with Crippen molar-refractivity contribution in [3.8, 4) is 5.88 Å². The number of hydrogen-bond acceptors (Lipinski definition) is 5. The van der Waals surface area contributed by atoms with Crippen LogP contribution in [0, 0.1) is 6.92 Å². The molecule has 1 aromatic rings. The zero-order valence-electron chi connectivity index (χ0n) is 12.1. The summed E-state index contributed by atoms with van der Waals surface area (Å²) in [5.41, 5.74) is 0.806. The lowest BCUT2D eigenvalue weighted by Crippen LogP contribution is -2.19. The number of ether oxygens (including phenoxy) is 2. The molecule has 1 aromatic heterocycles. The first-order valence-corrected chi connectivity index (χ1v) is 6.08. The molecule has 0 unspecified atom stereocenters. The van der Waals surface area contributed by atoms with Gasteiger partial charge in [0.15, 0.2) is 0 Å². The van der Waals surface area contributed by atoms with Gasteiger partial charge in [0.2, 0.25) is 5.88 Å². The molecule has 1 heterocycles. The number of nitrogens with zero attached hydrogens (tertiary/aromatic N) is 2. The van der Waals surface area contributed by atoms with Gasteiger partial charge in [0.05, 0.1) is 12.2 Å². The summed E-state index contributed by atoms with van der Waals surface area (Å²) in [5.74, 6) is 2.20. The van der Waals surface area contributed by atoms with Gasteiger partial charge in [-0.2, -0.15) is 4.98 Å². The SMILES string of the molecule is CNc1nc(C(C)(C)C)nc(OCCOC)c1C. The highest BCUT2D eigenvalue weighted by Gasteiger charge is 2.21. The van der Waals surface area contributed by atoms with E-state index in [1.54, 1.807) is 7.11 Å². The number of nitrogens with one attached hydrogen (secondary N) is 1. The van der Waals surface area contributed by atoms with Gasteiger partial charge >= 0.3 is 0 Å². The van der Waals surface area contributed by atoms with Crippen molar-refractivity contribution in [1.29, 1.82) is 0 Å². The Morgan fingerprint density at radius 2 is 1.83 bits per heavy atom. The van der Waals surface area contributed by atoms with Crippen LogP contribution in [-0.2, 0) is 10.2 Å². The van der Waals surface area contributed by atoms with Crippen LogP contribution >= 0.6 is 0 Å². The molecular weight excluding hydrogens is 230 g/mol. The second-order valence-corrected chi connectivity index (χ2v) is 5.17. The van der Waals surface area contributed by atoms with Crippen LogP contribution < -0.4 is 10.1 Å². The normalized spacial score (nSPS) is 11.4. The van der Waals surface area contributed by atoms with Gasteiger partial charge in [0, 0.05) is 19.6 Å². The molecule has 1 rings (SSSR count). The van der Waals surface area contributed by atoms with Crippen LogP contribution in [0.2, 0.25) is 0 Å². The Hall–Kier alpha value is -1.36. The van der Waals surface area contributed by atoms with E-state index in [2.05, 4.69) is 36.1 Å². The topological polar surface area (TPSA) is 56.3 Å². The molecule has 0 spiro atoms. The Bertz CT molecular complexity index is 400. The van der Waals surface area contributed by atoms with Crippen molar-refractivity contribution < 1.29 is 9.47 Å². The van der Waals surface area contributed by atoms with Gasteiger partial charge in [-0.05, 0) is 6.92 Å². The Labute approximate surface area is 109 Å². The number of rotatable bonds is 5. The van der Waals surface area contributed by atoms with Gasteiger partial charge in [-0.25, -0.2) is 4.98 Å². The van der Waals surface area contributed by atoms with Crippen LogP contribution in [0.5, 0.6) is 5.88 Å². The molecule has 0 aliphatic heterocycles. The molecule has 0 aliphatic carbocycles. The van der Waals surface area contributed by atoms with E-state index in [0.29, 0.717) is 19.1 Å². The standard InChI is InChI=1S/C13H23N3O2/c1-9-10(14-5)15-12(13(2,3)4)16-11(9)18-8-7-17-6/h7-8H2,1-6H3,(H,14,15,16). The summed E-state index contributed by atoms with van der Waals surface area (Å²) in [6.07, 6.45) is 0. The molecule has 5 heteroatoms. The summed E-state index contributed by atoms with van der Waals surface area (Å²) in [7, 11) is 3.50. The lowest BCUT2D eigenvalue weighted by atomic mass is 9.95. The fraction of sp³-hybridized carbons (Fsp3) is 0.692. The van der Waals surface area contributed by atoms with Gasteiger partial charge in [0.1, 0.15) is 18.2 Å². The van der Waals surface area contributed by atoms with Crippen molar-refractivity contribution in [2.75, 3.05) is 32.7 Å². The molecule has 18 heavy (non-hydrogen) atoms. The minimum Gasteiger partial charge on any atom is -0.475 e. The highest BCUT2D eigenvalue weighted by atomic mass is 16.5. The average Bonchev–Trinajstić information content (AvgIpc) is 2.30. The third kappa shape index (κ3) is 3.57. The zero-order chi connectivity index (χ0) is 13.8. The van der Waals surface area contributed by atoms with Crippen LogP contribution in [0.4, 0.5) is 5.82 Å². The van der Waals surface area contributed by atoms with E-state index >= 15 is 0 Å². The minimum atomic E-state index is -0.112. The molecule has 0 saturated heterocycles. The van der Waals surface area contributed by atoms with Crippen molar-refractivity contribution in [2.24, 2.45) is 0 Å². The molecule has 1 N–H and O–H groups in total. The summed E-state index contributed by atoms with van der Waals surface area (Å²) in [5, 5.41) is 3.08. The molecule has 0 amide bonds. The molecule has 0 saturated carbocycles. The van der Waals surface area contributed by atoms with Crippen molar-refractivity contribution in [2.45, 2.75) is 33.1 Å². The highest BCUT2D eigenvalue weighted by Crippen LogP contribution is 2.27. The van der Waals surface area contributed by atoms with Gasteiger partial charge < -0.3 is 14.8 Å². The smallest absolute Gasteiger partial charge is 0.221 e. The summed E-state index contributed by atoms with van der Waals surface area (Å²) in [6.45, 7) is 9.22. The first-order valence-electron chi connectivity index (χ1n) is 6.08. The van der Waals surface area contributed by atoms with E-state index in [1.165, 1.54) is 0 Å². The van der Waals surface area contributed by atoms with Gasteiger partial charge in [-0.3, -0.25) is 0 Å². The van der Waals surface area contributed by atoms with Crippen molar-refractivity contribution in [3.05, 3.63) is 11.4 Å². The maximum absolute atomic E-state index is 5.64. The second-order valence-electron chi connectivity index (χ2n) is 5.17. The zero-order valence-corrected chi connectivity index (χ0v) is 12.1. The molecule has 0 radical (unpaired) electrons. The molecule has 0 bridgehead atoms. The molecular formula is C13H23N3O2. The Kier molecular flexibility index (Phi) is 4.90. The maximum atomic E-state index is 5.64. The van der Waals surface area contributed by atoms with Crippen molar-refractivity contribution >= 4 is 5.82 Å². The quantitative estimate of drug-likeness (QED) is 0.815. The summed E-state index contributed by atoms with van der Waals surface area (Å²) < 4.78 is 10.6. The fourth-order valence-electron chi connectivity index (χ4n) is 1.44. The van der Waals surface area contributed by atoms with Crippen LogP contribution in [0.3, 0.4) is 0 Å². The Morgan fingerprint density at radius 3 is 2.33 bits per heavy atom. The molecule has 0 aromatic carbocycles. The van der Waals surface area contributed by atoms with Crippen LogP contribution in [0.15, 0.2) is 0 Å². The number of anilines is 1. The van der Waals surface area contributed by atoms with Crippen LogP contribution in [-0.4, -0.2) is 37.3 Å². The lowest BCUT2D eigenvalue weighted by Gasteiger charge is -2.20. The number of methoxy groups -OCH3 is 1. The Morgan fingerprint density at radius 1 is 1.17 bits per heavy atom. The van der Waals surface area contributed by atoms with E-state index < -0.39 is 0 Å². The van der Waals surface area contributed by atoms with Crippen molar-refractivity contribution in [1.82, 2.24) is 9.97 Å². The lowest BCUT2D eigenvalue weighted by molar-refractivity contribution is 0.143. The third-order valence-corrected chi connectivity index (χ3v) is 2.54. The second kappa shape index (κ2) is 6.00. The maximum Gasteiger partial charge on any atom is 0.221 e. The van der Waals surface area contributed by atoms with Crippen LogP contribution in [0.1, 0.15) is 32.2 Å². The van der Waals surface area contributed by atoms with E-state index in [-0.39, 0.29) is 5.41 Å². The number of aromatic nitrogens is 2. The van der Waals surface area contributed by atoms with E-state index in [9.17, 15) is 0 Å². The predicted octanol–water partition coefficient (Wildman–Crippen LogP) is 2.15. The van der Waals surface area contributed by atoms with Crippen molar-refractivity contribution in [3.63, 3.8) is 0 Å². The minimum absolute atomic E-state index is 0.112. The van der Waals surface area contributed by atoms with E-state index in [4.69, 9.17) is 9.47 Å². The van der Waals surface area contributed by atoms with Gasteiger partial charge in [-0.1, -0.05) is 20.8 Å².